The van der Waals surface area contributed by atoms with Crippen LogP contribution in [0.5, 0.6) is 5.75 Å². The molecule has 73 valence electrons. The van der Waals surface area contributed by atoms with Crippen LogP contribution in [0.15, 0.2) is 18.2 Å². The van der Waals surface area contributed by atoms with Crippen molar-refractivity contribution in [3.63, 3.8) is 0 Å². The number of alkyl halides is 3. The van der Waals surface area contributed by atoms with Crippen LogP contribution in [-0.4, -0.2) is 6.36 Å². The Hall–Kier alpha value is -1.70. The molecule has 0 saturated carbocycles. The third kappa shape index (κ3) is 2.39. The van der Waals surface area contributed by atoms with Gasteiger partial charge >= 0.3 is 6.36 Å². The van der Waals surface area contributed by atoms with Crippen LogP contribution in [0.2, 0.25) is 0 Å². The second-order valence-electron chi connectivity index (χ2n) is 2.45. The summed E-state index contributed by atoms with van der Waals surface area (Å²) in [6.07, 6.45) is -4.81. The fraction of sp³-hybridized carbons (Fsp3) is 0.111. The maximum Gasteiger partial charge on any atom is 0.573 e. The highest BCUT2D eigenvalue weighted by Crippen LogP contribution is 2.28. The topological polar surface area (TPSA) is 33.0 Å². The zero-order chi connectivity index (χ0) is 10.8. The largest absolute Gasteiger partial charge is 0.573 e. The van der Waals surface area contributed by atoms with Gasteiger partial charge < -0.3 is 4.74 Å². The molecule has 0 aliphatic carbocycles. The summed E-state index contributed by atoms with van der Waals surface area (Å²) in [6.45, 7) is 3.34. The molecule has 1 rings (SSSR count). The highest BCUT2D eigenvalue weighted by molar-refractivity contribution is 5.49. The molecule has 0 fully saturated rings. The molecule has 0 atom stereocenters. The lowest BCUT2D eigenvalue weighted by atomic mass is 10.1. The minimum Gasteiger partial charge on any atom is -0.404 e. The standard InChI is InChI=1S/C9H5F3NO/c1-6-3-2-4-7(5-13)8(6)14-9(10,11)12/h2-4H,1H2. The molecule has 1 aromatic rings. The van der Waals surface area contributed by atoms with Crippen LogP contribution in [-0.2, 0) is 0 Å². The molecule has 0 aliphatic rings. The van der Waals surface area contributed by atoms with Crippen LogP contribution >= 0.6 is 0 Å². The average Bonchev–Trinajstić information content (AvgIpc) is 2.06. The van der Waals surface area contributed by atoms with Gasteiger partial charge in [0, 0.05) is 0 Å². The Labute approximate surface area is 78.5 Å². The highest BCUT2D eigenvalue weighted by atomic mass is 19.4. The normalized spacial score (nSPS) is 10.8. The minimum absolute atomic E-state index is 0.0291. The van der Waals surface area contributed by atoms with E-state index in [2.05, 4.69) is 11.7 Å². The van der Waals surface area contributed by atoms with E-state index in [1.165, 1.54) is 18.2 Å². The number of nitrogens with zero attached hydrogens (tertiary/aromatic N) is 1. The van der Waals surface area contributed by atoms with Gasteiger partial charge in [0.15, 0.2) is 0 Å². The number of halogens is 3. The number of nitriles is 1. The third-order valence-corrected chi connectivity index (χ3v) is 1.43. The van der Waals surface area contributed by atoms with E-state index in [0.29, 0.717) is 0 Å². The monoisotopic (exact) mass is 200 g/mol. The molecule has 0 aromatic heterocycles. The number of rotatable bonds is 1. The van der Waals surface area contributed by atoms with Gasteiger partial charge in [-0.2, -0.15) is 5.26 Å². The molecule has 0 amide bonds. The molecule has 2 nitrogen and oxygen atoms in total. The summed E-state index contributed by atoms with van der Waals surface area (Å²) in [7, 11) is 0. The van der Waals surface area contributed by atoms with E-state index in [9.17, 15) is 13.2 Å². The van der Waals surface area contributed by atoms with Gasteiger partial charge in [-0.1, -0.05) is 12.1 Å². The lowest BCUT2D eigenvalue weighted by Gasteiger charge is -2.11. The van der Waals surface area contributed by atoms with E-state index >= 15 is 0 Å². The molecule has 1 radical (unpaired) electrons. The molecule has 0 spiro atoms. The highest BCUT2D eigenvalue weighted by Gasteiger charge is 2.32. The lowest BCUT2D eigenvalue weighted by molar-refractivity contribution is -0.274. The summed E-state index contributed by atoms with van der Waals surface area (Å²) in [5, 5.41) is 8.51. The summed E-state index contributed by atoms with van der Waals surface area (Å²) in [6, 6.07) is 5.60. The van der Waals surface area contributed by atoms with Gasteiger partial charge in [-0.3, -0.25) is 0 Å². The zero-order valence-electron chi connectivity index (χ0n) is 6.93. The Bertz CT molecular complexity index is 379. The SMILES string of the molecule is [CH2]c1cccc(C#N)c1OC(F)(F)F. The summed E-state index contributed by atoms with van der Waals surface area (Å²) in [4.78, 5) is 0. The first-order chi connectivity index (χ1) is 6.44. The van der Waals surface area contributed by atoms with Crippen molar-refractivity contribution in [1.29, 1.82) is 5.26 Å². The van der Waals surface area contributed by atoms with E-state index in [1.807, 2.05) is 0 Å². The van der Waals surface area contributed by atoms with Crippen molar-refractivity contribution in [1.82, 2.24) is 0 Å². The molecule has 0 N–H and O–H groups in total. The molecule has 0 saturated heterocycles. The van der Waals surface area contributed by atoms with E-state index in [-0.39, 0.29) is 11.1 Å². The van der Waals surface area contributed by atoms with Gasteiger partial charge in [0.05, 0.1) is 5.56 Å². The van der Waals surface area contributed by atoms with Gasteiger partial charge in [0.1, 0.15) is 11.8 Å². The Morgan fingerprint density at radius 2 is 2.00 bits per heavy atom. The van der Waals surface area contributed by atoms with Gasteiger partial charge in [-0.25, -0.2) is 0 Å². The lowest BCUT2D eigenvalue weighted by Crippen LogP contribution is -2.18. The maximum atomic E-state index is 11.9. The summed E-state index contributed by atoms with van der Waals surface area (Å²) in [5.41, 5.74) is -0.156. The molecule has 0 bridgehead atoms. The molecule has 0 heterocycles. The van der Waals surface area contributed by atoms with Crippen molar-refractivity contribution in [2.75, 3.05) is 0 Å². The molecular weight excluding hydrogens is 195 g/mol. The number of ether oxygens (including phenoxy) is 1. The number of benzene rings is 1. The zero-order valence-corrected chi connectivity index (χ0v) is 6.93. The Kier molecular flexibility index (Phi) is 2.65. The fourth-order valence-corrected chi connectivity index (χ4v) is 0.909. The first-order valence-electron chi connectivity index (χ1n) is 3.55. The first kappa shape index (κ1) is 10.4. The van der Waals surface area contributed by atoms with Crippen LogP contribution < -0.4 is 4.74 Å². The number of hydrogen-bond donors (Lipinski definition) is 0. The van der Waals surface area contributed by atoms with Gasteiger partial charge in [-0.05, 0) is 18.6 Å². The number of hydrogen-bond acceptors (Lipinski definition) is 2. The van der Waals surface area contributed by atoms with Gasteiger partial charge in [-0.15, -0.1) is 13.2 Å². The van der Waals surface area contributed by atoms with Crippen LogP contribution in [0.4, 0.5) is 13.2 Å². The second-order valence-corrected chi connectivity index (χ2v) is 2.45. The Balaban J connectivity index is 3.13. The number of para-hydroxylation sites is 1. The fourth-order valence-electron chi connectivity index (χ4n) is 0.909. The quantitative estimate of drug-likeness (QED) is 0.698. The van der Waals surface area contributed by atoms with Crippen LogP contribution in [0, 0.1) is 18.3 Å². The molecule has 14 heavy (non-hydrogen) atoms. The van der Waals surface area contributed by atoms with Gasteiger partial charge in [0.2, 0.25) is 0 Å². The van der Waals surface area contributed by atoms with Crippen LogP contribution in [0.25, 0.3) is 0 Å². The third-order valence-electron chi connectivity index (χ3n) is 1.43. The van der Waals surface area contributed by atoms with Crippen molar-refractivity contribution in [3.05, 3.63) is 36.2 Å². The van der Waals surface area contributed by atoms with Crippen molar-refractivity contribution in [2.24, 2.45) is 0 Å². The Morgan fingerprint density at radius 3 is 2.50 bits per heavy atom. The van der Waals surface area contributed by atoms with Crippen molar-refractivity contribution in [3.8, 4) is 11.8 Å². The maximum absolute atomic E-state index is 11.9. The van der Waals surface area contributed by atoms with E-state index in [0.717, 1.165) is 0 Å². The van der Waals surface area contributed by atoms with Crippen molar-refractivity contribution < 1.29 is 17.9 Å². The minimum atomic E-state index is -4.81. The average molecular weight is 200 g/mol. The van der Waals surface area contributed by atoms with E-state index in [1.54, 1.807) is 6.07 Å². The van der Waals surface area contributed by atoms with Gasteiger partial charge in [0.25, 0.3) is 0 Å². The second kappa shape index (κ2) is 3.58. The van der Waals surface area contributed by atoms with E-state index < -0.39 is 12.1 Å². The van der Waals surface area contributed by atoms with E-state index in [4.69, 9.17) is 5.26 Å². The van der Waals surface area contributed by atoms with Crippen molar-refractivity contribution in [2.45, 2.75) is 6.36 Å². The molecule has 0 unspecified atom stereocenters. The Morgan fingerprint density at radius 1 is 1.36 bits per heavy atom. The van der Waals surface area contributed by atoms with Crippen LogP contribution in [0.1, 0.15) is 11.1 Å². The molecule has 0 aliphatic heterocycles. The first-order valence-corrected chi connectivity index (χ1v) is 3.55. The van der Waals surface area contributed by atoms with Crippen LogP contribution in [0.3, 0.4) is 0 Å². The summed E-state index contributed by atoms with van der Waals surface area (Å²) >= 11 is 0. The molecule has 5 heteroatoms. The summed E-state index contributed by atoms with van der Waals surface area (Å²) < 4.78 is 39.3. The molecular formula is C9H5F3NO. The summed E-state index contributed by atoms with van der Waals surface area (Å²) in [5.74, 6) is -0.539. The molecule has 1 aromatic carbocycles. The predicted molar refractivity (Wildman–Crippen MR) is 42.3 cm³/mol. The van der Waals surface area contributed by atoms with Crippen molar-refractivity contribution >= 4 is 0 Å². The smallest absolute Gasteiger partial charge is 0.404 e. The predicted octanol–water partition coefficient (Wildman–Crippen LogP) is 2.64.